The number of pyridine rings is 1. The number of anilines is 1. The summed E-state index contributed by atoms with van der Waals surface area (Å²) < 4.78 is 0. The Balaban J connectivity index is 2.11. The van der Waals surface area contributed by atoms with E-state index in [0.717, 1.165) is 12.4 Å². The third kappa shape index (κ3) is 3.65. The number of piperazine rings is 1. The molecule has 6 nitrogen and oxygen atoms in total. The average Bonchev–Trinajstić information content (AvgIpc) is 2.32. The molecule has 0 atom stereocenters. The summed E-state index contributed by atoms with van der Waals surface area (Å²) in [5.74, 6) is 0.139. The fraction of sp³-hybridized carbons (Fsp3) is 0.417. The third-order valence-electron chi connectivity index (χ3n) is 2.66. The van der Waals surface area contributed by atoms with Crippen molar-refractivity contribution in [1.29, 1.82) is 0 Å². The van der Waals surface area contributed by atoms with Crippen LogP contribution in [0.4, 0.5) is 5.82 Å². The molecule has 1 aromatic heterocycles. The van der Waals surface area contributed by atoms with E-state index in [1.165, 1.54) is 0 Å². The van der Waals surface area contributed by atoms with Crippen molar-refractivity contribution < 1.29 is 9.59 Å². The highest BCUT2D eigenvalue weighted by Crippen LogP contribution is 2.18. The SMILES string of the molecule is CCNc1ccc(Cl)c(CN2CC(=O)NC(=O)C2)n1. The Labute approximate surface area is 116 Å². The third-order valence-corrected chi connectivity index (χ3v) is 3.01. The second-order valence-corrected chi connectivity index (χ2v) is 4.68. The molecule has 1 fully saturated rings. The van der Waals surface area contributed by atoms with Crippen molar-refractivity contribution in [1.82, 2.24) is 15.2 Å². The number of aromatic nitrogens is 1. The van der Waals surface area contributed by atoms with Crippen LogP contribution in [-0.4, -0.2) is 41.3 Å². The standard InChI is InChI=1S/C12H15ClN4O2/c1-2-14-10-4-3-8(13)9(15-10)5-17-6-11(18)16-12(19)7-17/h3-4H,2,5-7H2,1H3,(H,14,15)(H,16,18,19). The van der Waals surface area contributed by atoms with Crippen molar-refractivity contribution in [2.45, 2.75) is 13.5 Å². The van der Waals surface area contributed by atoms with Crippen LogP contribution in [0.5, 0.6) is 0 Å². The van der Waals surface area contributed by atoms with Gasteiger partial charge in [0, 0.05) is 13.1 Å². The quantitative estimate of drug-likeness (QED) is 0.792. The normalized spacial score (nSPS) is 16.3. The van der Waals surface area contributed by atoms with Gasteiger partial charge in [0.15, 0.2) is 0 Å². The molecule has 2 N–H and O–H groups in total. The van der Waals surface area contributed by atoms with Crippen LogP contribution in [0.2, 0.25) is 5.02 Å². The van der Waals surface area contributed by atoms with Gasteiger partial charge in [-0.15, -0.1) is 0 Å². The Kier molecular flexibility index (Phi) is 4.34. The lowest BCUT2D eigenvalue weighted by atomic mass is 10.2. The Bertz CT molecular complexity index is 491. The summed E-state index contributed by atoms with van der Waals surface area (Å²) in [5, 5.41) is 5.88. The maximum atomic E-state index is 11.3. The fourth-order valence-electron chi connectivity index (χ4n) is 1.90. The average molecular weight is 283 g/mol. The monoisotopic (exact) mass is 282 g/mol. The molecule has 0 spiro atoms. The molecule has 1 aliphatic heterocycles. The number of hydrogen-bond acceptors (Lipinski definition) is 5. The van der Waals surface area contributed by atoms with Gasteiger partial charge in [-0.1, -0.05) is 11.6 Å². The molecule has 2 amide bonds. The van der Waals surface area contributed by atoms with Gasteiger partial charge < -0.3 is 5.32 Å². The van der Waals surface area contributed by atoms with Crippen LogP contribution in [-0.2, 0) is 16.1 Å². The number of amides is 2. The van der Waals surface area contributed by atoms with Gasteiger partial charge in [0.05, 0.1) is 23.8 Å². The van der Waals surface area contributed by atoms with Crippen molar-refractivity contribution in [3.63, 3.8) is 0 Å². The Morgan fingerprint density at radius 2 is 2.05 bits per heavy atom. The van der Waals surface area contributed by atoms with E-state index >= 15 is 0 Å². The number of hydrogen-bond donors (Lipinski definition) is 2. The molecule has 0 aromatic carbocycles. The summed E-state index contributed by atoms with van der Waals surface area (Å²) in [5.41, 5.74) is 0.655. The molecule has 0 bridgehead atoms. The summed E-state index contributed by atoms with van der Waals surface area (Å²) in [4.78, 5) is 28.7. The number of imide groups is 1. The molecular weight excluding hydrogens is 268 g/mol. The first-order valence-corrected chi connectivity index (χ1v) is 6.40. The van der Waals surface area contributed by atoms with Gasteiger partial charge in [-0.25, -0.2) is 4.98 Å². The highest BCUT2D eigenvalue weighted by atomic mass is 35.5. The van der Waals surface area contributed by atoms with E-state index < -0.39 is 0 Å². The molecule has 2 heterocycles. The highest BCUT2D eigenvalue weighted by molar-refractivity contribution is 6.31. The van der Waals surface area contributed by atoms with Crippen LogP contribution in [0.3, 0.4) is 0 Å². The first kappa shape index (κ1) is 13.8. The lowest BCUT2D eigenvalue weighted by molar-refractivity contribution is -0.136. The van der Waals surface area contributed by atoms with Crippen LogP contribution in [0.25, 0.3) is 0 Å². The van der Waals surface area contributed by atoms with E-state index in [9.17, 15) is 9.59 Å². The zero-order valence-corrected chi connectivity index (χ0v) is 11.3. The molecule has 1 saturated heterocycles. The van der Waals surface area contributed by atoms with E-state index in [1.54, 1.807) is 17.0 Å². The van der Waals surface area contributed by atoms with E-state index in [0.29, 0.717) is 17.3 Å². The fourth-order valence-corrected chi connectivity index (χ4v) is 2.06. The van der Waals surface area contributed by atoms with E-state index in [-0.39, 0.29) is 24.9 Å². The number of nitrogens with one attached hydrogen (secondary N) is 2. The van der Waals surface area contributed by atoms with E-state index in [1.807, 2.05) is 6.92 Å². The Morgan fingerprint density at radius 3 is 2.68 bits per heavy atom. The first-order valence-electron chi connectivity index (χ1n) is 6.03. The summed E-state index contributed by atoms with van der Waals surface area (Å²) in [6.07, 6.45) is 0. The van der Waals surface area contributed by atoms with E-state index in [2.05, 4.69) is 15.6 Å². The minimum atomic E-state index is -0.296. The molecule has 0 saturated carbocycles. The van der Waals surface area contributed by atoms with Gasteiger partial charge in [0.25, 0.3) is 0 Å². The van der Waals surface area contributed by atoms with Crippen LogP contribution in [0.1, 0.15) is 12.6 Å². The number of carbonyl (C=O) groups is 2. The highest BCUT2D eigenvalue weighted by Gasteiger charge is 2.23. The molecular formula is C12H15ClN4O2. The molecule has 102 valence electrons. The lowest BCUT2D eigenvalue weighted by Crippen LogP contribution is -2.51. The molecule has 0 radical (unpaired) electrons. The van der Waals surface area contributed by atoms with Gasteiger partial charge >= 0.3 is 0 Å². The molecule has 1 aliphatic rings. The second-order valence-electron chi connectivity index (χ2n) is 4.27. The van der Waals surface area contributed by atoms with Crippen LogP contribution >= 0.6 is 11.6 Å². The molecule has 7 heteroatoms. The Morgan fingerprint density at radius 1 is 1.37 bits per heavy atom. The molecule has 2 rings (SSSR count). The predicted octanol–water partition coefficient (Wildman–Crippen LogP) is 0.625. The summed E-state index contributed by atoms with van der Waals surface area (Å²) in [6, 6.07) is 3.55. The maximum absolute atomic E-state index is 11.3. The van der Waals surface area contributed by atoms with Gasteiger partial charge in [0.1, 0.15) is 5.82 Å². The van der Waals surface area contributed by atoms with Crippen LogP contribution in [0.15, 0.2) is 12.1 Å². The van der Waals surface area contributed by atoms with Crippen molar-refractivity contribution in [3.8, 4) is 0 Å². The predicted molar refractivity (Wildman–Crippen MR) is 71.8 cm³/mol. The smallest absolute Gasteiger partial charge is 0.240 e. The number of nitrogens with zero attached hydrogens (tertiary/aromatic N) is 2. The van der Waals surface area contributed by atoms with Crippen molar-refractivity contribution in [2.24, 2.45) is 0 Å². The molecule has 0 aliphatic carbocycles. The topological polar surface area (TPSA) is 74.3 Å². The zero-order chi connectivity index (χ0) is 13.8. The molecule has 19 heavy (non-hydrogen) atoms. The van der Waals surface area contributed by atoms with Crippen molar-refractivity contribution in [2.75, 3.05) is 25.0 Å². The van der Waals surface area contributed by atoms with Gasteiger partial charge in [-0.3, -0.25) is 19.8 Å². The second kappa shape index (κ2) is 5.99. The van der Waals surface area contributed by atoms with Gasteiger partial charge in [-0.05, 0) is 19.1 Å². The molecule has 0 unspecified atom stereocenters. The van der Waals surface area contributed by atoms with Gasteiger partial charge in [-0.2, -0.15) is 0 Å². The van der Waals surface area contributed by atoms with Crippen molar-refractivity contribution in [3.05, 3.63) is 22.8 Å². The largest absolute Gasteiger partial charge is 0.370 e. The Hall–Kier alpha value is -1.66. The summed E-state index contributed by atoms with van der Waals surface area (Å²) in [7, 11) is 0. The maximum Gasteiger partial charge on any atom is 0.240 e. The van der Waals surface area contributed by atoms with Gasteiger partial charge in [0.2, 0.25) is 11.8 Å². The molecule has 1 aromatic rings. The summed E-state index contributed by atoms with van der Waals surface area (Å²) in [6.45, 7) is 3.46. The minimum Gasteiger partial charge on any atom is -0.370 e. The first-order chi connectivity index (χ1) is 9.08. The van der Waals surface area contributed by atoms with E-state index in [4.69, 9.17) is 11.6 Å². The zero-order valence-electron chi connectivity index (χ0n) is 10.6. The lowest BCUT2D eigenvalue weighted by Gasteiger charge is -2.25. The van der Waals surface area contributed by atoms with Crippen molar-refractivity contribution >= 4 is 29.2 Å². The number of rotatable bonds is 4. The van der Waals surface area contributed by atoms with Crippen LogP contribution < -0.4 is 10.6 Å². The summed E-state index contributed by atoms with van der Waals surface area (Å²) >= 11 is 6.09. The van der Waals surface area contributed by atoms with Crippen LogP contribution in [0, 0.1) is 0 Å². The minimum absolute atomic E-state index is 0.176. The number of halogens is 1. The number of carbonyl (C=O) groups excluding carboxylic acids is 2.